The van der Waals surface area contributed by atoms with Gasteiger partial charge >= 0.3 is 0 Å². The number of aromatic nitrogens is 2. The molecule has 1 aromatic heterocycles. The molecule has 0 spiro atoms. The molecule has 0 radical (unpaired) electrons. The summed E-state index contributed by atoms with van der Waals surface area (Å²) >= 11 is 0. The van der Waals surface area contributed by atoms with Gasteiger partial charge in [0.2, 0.25) is 5.91 Å². The lowest BCUT2D eigenvalue weighted by molar-refractivity contribution is -0.123. The third kappa shape index (κ3) is 5.87. The molecule has 2 aromatic rings. The first-order valence-corrected chi connectivity index (χ1v) is 8.34. The van der Waals surface area contributed by atoms with Crippen molar-refractivity contribution in [2.24, 2.45) is 7.05 Å². The molecule has 1 atom stereocenters. The van der Waals surface area contributed by atoms with Crippen LogP contribution in [-0.2, 0) is 23.7 Å². The lowest BCUT2D eigenvalue weighted by Crippen LogP contribution is -2.36. The average Bonchev–Trinajstić information content (AvgIpc) is 2.94. The quantitative estimate of drug-likeness (QED) is 0.828. The largest absolute Gasteiger partial charge is 0.354 e. The van der Waals surface area contributed by atoms with E-state index in [0.29, 0.717) is 6.54 Å². The van der Waals surface area contributed by atoms with Gasteiger partial charge in [-0.2, -0.15) is 5.10 Å². The van der Waals surface area contributed by atoms with Gasteiger partial charge in [0.05, 0.1) is 6.20 Å². The normalized spacial score (nSPS) is 12.4. The minimum absolute atomic E-state index is 0. The molecule has 1 heterocycles. The molecule has 1 amide bonds. The second-order valence-corrected chi connectivity index (χ2v) is 7.16. The van der Waals surface area contributed by atoms with Gasteiger partial charge < -0.3 is 10.6 Å². The van der Waals surface area contributed by atoms with Crippen LogP contribution in [-0.4, -0.2) is 29.3 Å². The summed E-state index contributed by atoms with van der Waals surface area (Å²) in [7, 11) is 3.62. The lowest BCUT2D eigenvalue weighted by Gasteiger charge is -2.19. The molecular formula is C19H29ClN4O. The lowest BCUT2D eigenvalue weighted by atomic mass is 9.86. The fourth-order valence-corrected chi connectivity index (χ4v) is 2.64. The van der Waals surface area contributed by atoms with Crippen LogP contribution in [0.5, 0.6) is 0 Å². The first kappa shape index (κ1) is 21.2. The molecule has 2 N–H and O–H groups in total. The van der Waals surface area contributed by atoms with Crippen LogP contribution in [0.3, 0.4) is 0 Å². The van der Waals surface area contributed by atoms with E-state index in [9.17, 15) is 4.79 Å². The first-order chi connectivity index (χ1) is 11.3. The van der Waals surface area contributed by atoms with Crippen molar-refractivity contribution in [2.45, 2.75) is 38.6 Å². The van der Waals surface area contributed by atoms with E-state index in [1.165, 1.54) is 11.1 Å². The highest BCUT2D eigenvalue weighted by molar-refractivity contribution is 5.85. The molecule has 25 heavy (non-hydrogen) atoms. The summed E-state index contributed by atoms with van der Waals surface area (Å²) in [5, 5.41) is 10.2. The van der Waals surface area contributed by atoms with Crippen molar-refractivity contribution in [3.63, 3.8) is 0 Å². The van der Waals surface area contributed by atoms with Crippen LogP contribution in [0.25, 0.3) is 0 Å². The minimum atomic E-state index is -0.373. The van der Waals surface area contributed by atoms with Crippen molar-refractivity contribution in [2.75, 3.05) is 13.6 Å². The van der Waals surface area contributed by atoms with Crippen LogP contribution in [0.4, 0.5) is 0 Å². The second kappa shape index (κ2) is 9.02. The van der Waals surface area contributed by atoms with Crippen LogP contribution in [0.2, 0.25) is 0 Å². The average molecular weight is 365 g/mol. The number of carbonyl (C=O) groups excluding carboxylic acids is 1. The maximum atomic E-state index is 12.3. The van der Waals surface area contributed by atoms with Gasteiger partial charge in [-0.1, -0.05) is 45.0 Å². The van der Waals surface area contributed by atoms with Gasteiger partial charge in [0.25, 0.3) is 0 Å². The Bertz CT molecular complexity index is 673. The van der Waals surface area contributed by atoms with Gasteiger partial charge in [-0.05, 0) is 30.0 Å². The van der Waals surface area contributed by atoms with Crippen LogP contribution in [0.1, 0.15) is 43.5 Å². The number of likely N-dealkylation sites (N-methyl/N-ethyl adjacent to an activating group) is 1. The number of benzene rings is 1. The SMILES string of the molecule is CNC(C(=O)NCCc1ccc(C(C)(C)C)cc1)c1cnn(C)c1.Cl. The van der Waals surface area contributed by atoms with Crippen molar-refractivity contribution in [1.82, 2.24) is 20.4 Å². The van der Waals surface area contributed by atoms with E-state index >= 15 is 0 Å². The summed E-state index contributed by atoms with van der Waals surface area (Å²) in [6, 6.07) is 8.25. The van der Waals surface area contributed by atoms with E-state index in [4.69, 9.17) is 0 Å². The van der Waals surface area contributed by atoms with Crippen molar-refractivity contribution < 1.29 is 4.79 Å². The molecular weight excluding hydrogens is 336 g/mol. The maximum absolute atomic E-state index is 12.3. The zero-order valence-corrected chi connectivity index (χ0v) is 16.5. The van der Waals surface area contributed by atoms with E-state index in [-0.39, 0.29) is 29.8 Å². The Kier molecular flexibility index (Phi) is 7.64. The van der Waals surface area contributed by atoms with Gasteiger partial charge in [0, 0.05) is 25.4 Å². The molecule has 2 rings (SSSR count). The molecule has 0 fully saturated rings. The van der Waals surface area contributed by atoms with Crippen LogP contribution in [0.15, 0.2) is 36.7 Å². The van der Waals surface area contributed by atoms with Crippen molar-refractivity contribution in [3.05, 3.63) is 53.3 Å². The summed E-state index contributed by atoms with van der Waals surface area (Å²) in [5.74, 6) is -0.0307. The summed E-state index contributed by atoms with van der Waals surface area (Å²) in [6.07, 6.45) is 4.39. The highest BCUT2D eigenvalue weighted by atomic mass is 35.5. The maximum Gasteiger partial charge on any atom is 0.241 e. The Labute approximate surface area is 156 Å². The number of carbonyl (C=O) groups is 1. The Hall–Kier alpha value is -1.85. The van der Waals surface area contributed by atoms with Crippen molar-refractivity contribution in [3.8, 4) is 0 Å². The first-order valence-electron chi connectivity index (χ1n) is 8.34. The van der Waals surface area contributed by atoms with E-state index in [1.54, 1.807) is 17.9 Å². The van der Waals surface area contributed by atoms with Crippen molar-refractivity contribution >= 4 is 18.3 Å². The molecule has 138 valence electrons. The highest BCUT2D eigenvalue weighted by Gasteiger charge is 2.19. The molecule has 0 aliphatic carbocycles. The van der Waals surface area contributed by atoms with Gasteiger partial charge in [-0.3, -0.25) is 9.48 Å². The summed E-state index contributed by atoms with van der Waals surface area (Å²) < 4.78 is 1.70. The third-order valence-corrected chi connectivity index (χ3v) is 4.14. The van der Waals surface area contributed by atoms with E-state index < -0.39 is 0 Å². The van der Waals surface area contributed by atoms with Crippen LogP contribution >= 0.6 is 12.4 Å². The Balaban J connectivity index is 0.00000312. The van der Waals surface area contributed by atoms with Crippen LogP contribution in [0, 0.1) is 0 Å². The summed E-state index contributed by atoms with van der Waals surface area (Å²) in [4.78, 5) is 12.3. The summed E-state index contributed by atoms with van der Waals surface area (Å²) in [5.41, 5.74) is 3.58. The van der Waals surface area contributed by atoms with Gasteiger partial charge in [-0.25, -0.2) is 0 Å². The van der Waals surface area contributed by atoms with Gasteiger partial charge in [0.1, 0.15) is 6.04 Å². The zero-order chi connectivity index (χ0) is 17.7. The minimum Gasteiger partial charge on any atom is -0.354 e. The second-order valence-electron chi connectivity index (χ2n) is 7.16. The predicted molar refractivity (Wildman–Crippen MR) is 104 cm³/mol. The summed E-state index contributed by atoms with van der Waals surface area (Å²) in [6.45, 7) is 7.24. The molecule has 1 unspecified atom stereocenters. The zero-order valence-electron chi connectivity index (χ0n) is 15.7. The van der Waals surface area contributed by atoms with Gasteiger partial charge in [0.15, 0.2) is 0 Å². The molecule has 6 heteroatoms. The number of amides is 1. The Morgan fingerprint density at radius 3 is 2.36 bits per heavy atom. The number of hydrogen-bond donors (Lipinski definition) is 2. The number of hydrogen-bond acceptors (Lipinski definition) is 3. The fraction of sp³-hybridized carbons (Fsp3) is 0.474. The number of aryl methyl sites for hydroxylation is 1. The molecule has 0 aliphatic rings. The topological polar surface area (TPSA) is 59.0 Å². The molecule has 1 aromatic carbocycles. The van der Waals surface area contributed by atoms with E-state index in [0.717, 1.165) is 12.0 Å². The molecule has 0 saturated carbocycles. The number of rotatable bonds is 6. The van der Waals surface area contributed by atoms with E-state index in [2.05, 4.69) is 60.8 Å². The Morgan fingerprint density at radius 2 is 1.88 bits per heavy atom. The number of nitrogens with zero attached hydrogens (tertiary/aromatic N) is 2. The standard InChI is InChI=1S/C19H28N4O.ClH/c1-19(2,3)16-8-6-14(7-9-16)10-11-21-18(24)17(20-4)15-12-22-23(5)13-15;/h6-9,12-13,17,20H,10-11H2,1-5H3,(H,21,24);1H. The van der Waals surface area contributed by atoms with E-state index in [1.807, 2.05) is 13.2 Å². The molecule has 0 bridgehead atoms. The molecule has 5 nitrogen and oxygen atoms in total. The molecule has 0 saturated heterocycles. The number of halogens is 1. The highest BCUT2D eigenvalue weighted by Crippen LogP contribution is 2.22. The monoisotopic (exact) mass is 364 g/mol. The van der Waals surface area contributed by atoms with Crippen LogP contribution < -0.4 is 10.6 Å². The van der Waals surface area contributed by atoms with Crippen molar-refractivity contribution in [1.29, 1.82) is 0 Å². The number of nitrogens with one attached hydrogen (secondary N) is 2. The predicted octanol–water partition coefficient (Wildman–Crippen LogP) is 2.76. The Morgan fingerprint density at radius 1 is 1.24 bits per heavy atom. The van der Waals surface area contributed by atoms with Gasteiger partial charge in [-0.15, -0.1) is 12.4 Å². The third-order valence-electron chi connectivity index (χ3n) is 4.14. The smallest absolute Gasteiger partial charge is 0.241 e. The fourth-order valence-electron chi connectivity index (χ4n) is 2.64. The molecule has 0 aliphatic heterocycles.